The van der Waals surface area contributed by atoms with Crippen molar-refractivity contribution < 1.29 is 13.6 Å². The molecule has 0 fully saturated rings. The molecule has 0 saturated heterocycles. The average molecular weight is 409 g/mol. The number of nitrogens with zero attached hydrogens (tertiary/aromatic N) is 4. The van der Waals surface area contributed by atoms with E-state index >= 15 is 0 Å². The Morgan fingerprint density at radius 1 is 1.07 bits per heavy atom. The van der Waals surface area contributed by atoms with Gasteiger partial charge in [0.25, 0.3) is 5.56 Å². The fraction of sp³-hybridized carbons (Fsp3) is 0.294. The second kappa shape index (κ2) is 7.58. The number of carbonyl (C=O) groups excluding carboxylic acids is 1. The van der Waals surface area contributed by atoms with Crippen LogP contribution >= 0.6 is 11.8 Å². The van der Waals surface area contributed by atoms with Gasteiger partial charge in [-0.1, -0.05) is 11.8 Å². The minimum atomic E-state index is -0.781. The van der Waals surface area contributed by atoms with E-state index in [0.717, 1.165) is 22.8 Å². The Morgan fingerprint density at radius 3 is 2.36 bits per heavy atom. The summed E-state index contributed by atoms with van der Waals surface area (Å²) in [5.41, 5.74) is -0.372. The van der Waals surface area contributed by atoms with Crippen LogP contribution in [0.4, 0.5) is 14.5 Å². The van der Waals surface area contributed by atoms with Gasteiger partial charge in [0.1, 0.15) is 11.6 Å². The lowest BCUT2D eigenvalue weighted by Crippen LogP contribution is -2.37. The summed E-state index contributed by atoms with van der Waals surface area (Å²) in [6, 6.07) is 2.76. The molecule has 3 aromatic rings. The standard InChI is InChI=1S/C17H17F2N5O3S/c1-22-14-13(15(26)24(3)17(27)23(14)2)21-16(22)28-5-4-12(25)20-11-7-9(18)6-10(19)8-11/h6-8H,4-5H2,1-3H3,(H,20,25). The van der Waals surface area contributed by atoms with E-state index in [2.05, 4.69) is 10.3 Å². The molecule has 0 bridgehead atoms. The van der Waals surface area contributed by atoms with Gasteiger partial charge in [-0.25, -0.2) is 18.6 Å². The molecule has 0 saturated carbocycles. The zero-order valence-electron chi connectivity index (χ0n) is 15.3. The van der Waals surface area contributed by atoms with Crippen LogP contribution in [0.15, 0.2) is 32.9 Å². The maximum atomic E-state index is 13.2. The Bertz CT molecular complexity index is 1180. The molecule has 0 spiro atoms. The lowest BCUT2D eigenvalue weighted by Gasteiger charge is -2.07. The van der Waals surface area contributed by atoms with Crippen LogP contribution in [-0.2, 0) is 25.9 Å². The van der Waals surface area contributed by atoms with Gasteiger partial charge in [-0.2, -0.15) is 0 Å². The van der Waals surface area contributed by atoms with Gasteiger partial charge in [0, 0.05) is 45.1 Å². The zero-order chi connectivity index (χ0) is 20.6. The first-order chi connectivity index (χ1) is 13.2. The Labute approximate surface area is 161 Å². The van der Waals surface area contributed by atoms with Gasteiger partial charge < -0.3 is 9.88 Å². The third-order valence-electron chi connectivity index (χ3n) is 4.13. The van der Waals surface area contributed by atoms with Crippen molar-refractivity contribution in [3.8, 4) is 0 Å². The molecule has 0 atom stereocenters. The summed E-state index contributed by atoms with van der Waals surface area (Å²) in [6.07, 6.45) is 0.0585. The lowest BCUT2D eigenvalue weighted by atomic mass is 10.3. The van der Waals surface area contributed by atoms with E-state index in [1.54, 1.807) is 18.7 Å². The van der Waals surface area contributed by atoms with Crippen molar-refractivity contribution in [3.05, 3.63) is 50.7 Å². The summed E-state index contributed by atoms with van der Waals surface area (Å²) in [7, 11) is 4.60. The monoisotopic (exact) mass is 409 g/mol. The molecular formula is C17H17F2N5O3S. The highest BCUT2D eigenvalue weighted by Crippen LogP contribution is 2.21. The van der Waals surface area contributed by atoms with Crippen LogP contribution in [-0.4, -0.2) is 30.3 Å². The Balaban J connectivity index is 1.72. The molecule has 0 aliphatic carbocycles. The quantitative estimate of drug-likeness (QED) is 0.643. The van der Waals surface area contributed by atoms with E-state index in [-0.39, 0.29) is 17.6 Å². The van der Waals surface area contributed by atoms with Gasteiger partial charge in [-0.05, 0) is 12.1 Å². The van der Waals surface area contributed by atoms with Crippen molar-refractivity contribution in [1.29, 1.82) is 0 Å². The molecule has 28 heavy (non-hydrogen) atoms. The van der Waals surface area contributed by atoms with Crippen LogP contribution in [0.2, 0.25) is 0 Å². The highest BCUT2D eigenvalue weighted by molar-refractivity contribution is 7.99. The van der Waals surface area contributed by atoms with E-state index in [0.29, 0.717) is 16.6 Å². The van der Waals surface area contributed by atoms with Crippen molar-refractivity contribution in [1.82, 2.24) is 18.7 Å². The molecule has 1 amide bonds. The predicted molar refractivity (Wildman–Crippen MR) is 102 cm³/mol. The average Bonchev–Trinajstić information content (AvgIpc) is 2.94. The topological polar surface area (TPSA) is 90.9 Å². The number of aromatic nitrogens is 4. The molecule has 2 aromatic heterocycles. The van der Waals surface area contributed by atoms with E-state index in [1.165, 1.54) is 23.4 Å². The third kappa shape index (κ3) is 3.70. The van der Waals surface area contributed by atoms with Crippen molar-refractivity contribution in [2.24, 2.45) is 21.1 Å². The van der Waals surface area contributed by atoms with Crippen LogP contribution in [0.1, 0.15) is 6.42 Å². The highest BCUT2D eigenvalue weighted by atomic mass is 32.2. The van der Waals surface area contributed by atoms with Crippen LogP contribution in [0.5, 0.6) is 0 Å². The fourth-order valence-electron chi connectivity index (χ4n) is 2.77. The highest BCUT2D eigenvalue weighted by Gasteiger charge is 2.17. The summed E-state index contributed by atoms with van der Waals surface area (Å²) in [6.45, 7) is 0. The van der Waals surface area contributed by atoms with Gasteiger partial charge in [0.05, 0.1) is 0 Å². The first-order valence-electron chi connectivity index (χ1n) is 8.20. The first-order valence-corrected chi connectivity index (χ1v) is 9.18. The number of benzene rings is 1. The molecule has 0 aliphatic rings. The van der Waals surface area contributed by atoms with Crippen LogP contribution in [0, 0.1) is 11.6 Å². The molecule has 1 aromatic carbocycles. The Kier molecular flexibility index (Phi) is 5.36. The summed E-state index contributed by atoms with van der Waals surface area (Å²) in [5.74, 6) is -1.66. The largest absolute Gasteiger partial charge is 0.332 e. The number of carbonyl (C=O) groups is 1. The normalized spacial score (nSPS) is 11.2. The lowest BCUT2D eigenvalue weighted by molar-refractivity contribution is -0.115. The fourth-order valence-corrected chi connectivity index (χ4v) is 3.68. The van der Waals surface area contributed by atoms with E-state index in [9.17, 15) is 23.2 Å². The number of hydrogen-bond donors (Lipinski definition) is 1. The second-order valence-corrected chi connectivity index (χ2v) is 7.20. The van der Waals surface area contributed by atoms with Crippen molar-refractivity contribution >= 4 is 34.5 Å². The third-order valence-corrected chi connectivity index (χ3v) is 5.16. The number of amides is 1. The number of anilines is 1. The second-order valence-electron chi connectivity index (χ2n) is 6.14. The maximum absolute atomic E-state index is 13.2. The number of halogens is 2. The molecule has 148 valence electrons. The molecule has 11 heteroatoms. The van der Waals surface area contributed by atoms with Gasteiger partial charge >= 0.3 is 5.69 Å². The number of imidazole rings is 1. The zero-order valence-corrected chi connectivity index (χ0v) is 16.1. The minimum Gasteiger partial charge on any atom is -0.326 e. The van der Waals surface area contributed by atoms with Crippen molar-refractivity contribution in [2.45, 2.75) is 11.6 Å². The van der Waals surface area contributed by atoms with Gasteiger partial charge in [-0.15, -0.1) is 0 Å². The van der Waals surface area contributed by atoms with Crippen LogP contribution in [0.25, 0.3) is 11.2 Å². The van der Waals surface area contributed by atoms with E-state index in [4.69, 9.17) is 0 Å². The molecule has 0 aliphatic heterocycles. The summed E-state index contributed by atoms with van der Waals surface area (Å²) >= 11 is 1.23. The van der Waals surface area contributed by atoms with Crippen molar-refractivity contribution in [3.63, 3.8) is 0 Å². The van der Waals surface area contributed by atoms with E-state index in [1.807, 2.05) is 0 Å². The molecular weight excluding hydrogens is 392 g/mol. The van der Waals surface area contributed by atoms with Crippen molar-refractivity contribution in [2.75, 3.05) is 11.1 Å². The molecule has 0 radical (unpaired) electrons. The number of nitrogens with one attached hydrogen (secondary N) is 1. The Morgan fingerprint density at radius 2 is 1.71 bits per heavy atom. The van der Waals surface area contributed by atoms with Gasteiger partial charge in [0.15, 0.2) is 16.3 Å². The Hall–Kier alpha value is -2.95. The number of aryl methyl sites for hydroxylation is 2. The number of thioether (sulfide) groups is 1. The molecule has 1 N–H and O–H groups in total. The first kappa shape index (κ1) is 19.8. The van der Waals surface area contributed by atoms with Crippen LogP contribution < -0.4 is 16.6 Å². The minimum absolute atomic E-state index is 0.0359. The number of hydrogen-bond acceptors (Lipinski definition) is 5. The SMILES string of the molecule is Cn1c(=O)c2nc(SCCC(=O)Nc3cc(F)cc(F)c3)n(C)c2n(C)c1=O. The number of fused-ring (bicyclic) bond motifs is 1. The van der Waals surface area contributed by atoms with Gasteiger partial charge in [-0.3, -0.25) is 18.7 Å². The summed E-state index contributed by atoms with van der Waals surface area (Å²) in [5, 5.41) is 2.90. The molecule has 3 rings (SSSR count). The molecule has 0 unspecified atom stereocenters. The smallest absolute Gasteiger partial charge is 0.326 e. The number of rotatable bonds is 5. The summed E-state index contributed by atoms with van der Waals surface area (Å²) in [4.78, 5) is 40.6. The molecule has 8 nitrogen and oxygen atoms in total. The predicted octanol–water partition coefficient (Wildman–Crippen LogP) is 1.37. The van der Waals surface area contributed by atoms with Gasteiger partial charge in [0.2, 0.25) is 5.91 Å². The maximum Gasteiger partial charge on any atom is 0.332 e. The van der Waals surface area contributed by atoms with Crippen LogP contribution in [0.3, 0.4) is 0 Å². The molecule has 2 heterocycles. The summed E-state index contributed by atoms with van der Waals surface area (Å²) < 4.78 is 30.3. The van der Waals surface area contributed by atoms with E-state index < -0.39 is 28.8 Å².